The van der Waals surface area contributed by atoms with Gasteiger partial charge in [-0.15, -0.1) is 10.2 Å². The third kappa shape index (κ3) is 4.29. The quantitative estimate of drug-likeness (QED) is 0.226. The van der Waals surface area contributed by atoms with Crippen molar-refractivity contribution in [1.82, 2.24) is 19.7 Å². The van der Waals surface area contributed by atoms with E-state index < -0.39 is 0 Å². The molecule has 32 heavy (non-hydrogen) atoms. The van der Waals surface area contributed by atoms with Gasteiger partial charge in [0.1, 0.15) is 5.76 Å². The molecule has 0 spiro atoms. The molecule has 0 atom stereocenters. The number of rotatable bonds is 6. The molecule has 0 saturated carbocycles. The van der Waals surface area contributed by atoms with E-state index in [2.05, 4.69) is 15.2 Å². The zero-order chi connectivity index (χ0) is 22.1. The first-order valence-corrected chi connectivity index (χ1v) is 11.2. The molecule has 0 bridgehead atoms. The van der Waals surface area contributed by atoms with Gasteiger partial charge in [0.05, 0.1) is 29.5 Å². The molecule has 0 aliphatic rings. The van der Waals surface area contributed by atoms with Gasteiger partial charge < -0.3 is 8.83 Å². The van der Waals surface area contributed by atoms with Gasteiger partial charge in [0.15, 0.2) is 5.16 Å². The summed E-state index contributed by atoms with van der Waals surface area (Å²) in [5.74, 6) is 1.78. The average Bonchev–Trinajstić information content (AvgIpc) is 3.47. The van der Waals surface area contributed by atoms with E-state index in [1.54, 1.807) is 47.2 Å². The number of nitrogens with zero attached hydrogens (tertiary/aromatic N) is 4. The highest BCUT2D eigenvalue weighted by Crippen LogP contribution is 2.26. The fourth-order valence-corrected chi connectivity index (χ4v) is 4.26. The number of hydrogen-bond acceptors (Lipinski definition) is 7. The van der Waals surface area contributed by atoms with Crippen molar-refractivity contribution in [2.75, 3.05) is 0 Å². The van der Waals surface area contributed by atoms with Crippen molar-refractivity contribution in [1.29, 1.82) is 0 Å². The highest BCUT2D eigenvalue weighted by atomic mass is 35.5. The van der Waals surface area contributed by atoms with E-state index in [1.165, 1.54) is 11.8 Å². The van der Waals surface area contributed by atoms with Crippen molar-refractivity contribution in [3.05, 3.63) is 92.9 Å². The van der Waals surface area contributed by atoms with Gasteiger partial charge in [-0.1, -0.05) is 35.0 Å². The molecule has 5 rings (SSSR count). The van der Waals surface area contributed by atoms with Crippen LogP contribution in [0.25, 0.3) is 22.4 Å². The summed E-state index contributed by atoms with van der Waals surface area (Å²) in [5.41, 5.74) is 1.11. The number of hydrogen-bond donors (Lipinski definition) is 0. The third-order valence-corrected chi connectivity index (χ3v) is 6.11. The maximum absolute atomic E-state index is 13.2. The van der Waals surface area contributed by atoms with E-state index >= 15 is 0 Å². The van der Waals surface area contributed by atoms with Crippen LogP contribution in [-0.2, 0) is 12.3 Å². The summed E-state index contributed by atoms with van der Waals surface area (Å²) in [6.07, 6.45) is 1.57. The van der Waals surface area contributed by atoms with Crippen LogP contribution < -0.4 is 5.56 Å². The van der Waals surface area contributed by atoms with Crippen LogP contribution >= 0.6 is 35.0 Å². The molecule has 0 N–H and O–H groups in total. The maximum atomic E-state index is 13.2. The van der Waals surface area contributed by atoms with Crippen LogP contribution in [0, 0.1) is 0 Å². The SMILES string of the molecule is O=c1c2ccc(Cl)cc2nc(SCc2nnc(-c3ccc(Cl)cc3)o2)n1Cc1ccco1. The Hall–Kier alpha value is -3.07. The normalized spacial score (nSPS) is 11.3. The Morgan fingerprint density at radius 3 is 2.59 bits per heavy atom. The molecule has 0 fully saturated rings. The van der Waals surface area contributed by atoms with E-state index in [1.807, 2.05) is 18.2 Å². The summed E-state index contributed by atoms with van der Waals surface area (Å²) >= 11 is 13.4. The predicted octanol–water partition coefficient (Wildman–Crippen LogP) is 5.69. The number of benzene rings is 2. The lowest BCUT2D eigenvalue weighted by atomic mass is 10.2. The second-order valence-corrected chi connectivity index (χ2v) is 8.64. The molecule has 0 saturated heterocycles. The molecule has 3 heterocycles. The van der Waals surface area contributed by atoms with Crippen molar-refractivity contribution >= 4 is 45.9 Å². The van der Waals surface area contributed by atoms with E-state index in [-0.39, 0.29) is 12.1 Å². The Kier molecular flexibility index (Phi) is 5.73. The molecule has 7 nitrogen and oxygen atoms in total. The van der Waals surface area contributed by atoms with Crippen LogP contribution in [0.1, 0.15) is 11.7 Å². The highest BCUT2D eigenvalue weighted by molar-refractivity contribution is 7.98. The first-order chi connectivity index (χ1) is 15.6. The Bertz CT molecular complexity index is 1450. The van der Waals surface area contributed by atoms with Gasteiger partial charge in [-0.25, -0.2) is 4.98 Å². The second-order valence-electron chi connectivity index (χ2n) is 6.82. The molecule has 0 aliphatic carbocycles. The molecule has 0 amide bonds. The zero-order valence-corrected chi connectivity index (χ0v) is 18.7. The number of halogens is 2. The predicted molar refractivity (Wildman–Crippen MR) is 123 cm³/mol. The van der Waals surface area contributed by atoms with Crippen LogP contribution in [0.3, 0.4) is 0 Å². The number of fused-ring (bicyclic) bond motifs is 1. The van der Waals surface area contributed by atoms with Crippen molar-refractivity contribution in [2.45, 2.75) is 17.5 Å². The summed E-state index contributed by atoms with van der Waals surface area (Å²) in [5, 5.41) is 10.3. The summed E-state index contributed by atoms with van der Waals surface area (Å²) < 4.78 is 12.8. The average molecular weight is 485 g/mol. The Labute approximate surface area is 196 Å². The van der Waals surface area contributed by atoms with Crippen LogP contribution in [-0.4, -0.2) is 19.7 Å². The zero-order valence-electron chi connectivity index (χ0n) is 16.4. The number of furan rings is 1. The van der Waals surface area contributed by atoms with Gasteiger partial charge in [0.2, 0.25) is 11.8 Å². The van der Waals surface area contributed by atoms with Gasteiger partial charge in [0, 0.05) is 15.6 Å². The molecule has 10 heteroatoms. The minimum Gasteiger partial charge on any atom is -0.467 e. The van der Waals surface area contributed by atoms with Crippen molar-refractivity contribution in [3.63, 3.8) is 0 Å². The van der Waals surface area contributed by atoms with Gasteiger partial charge in [-0.2, -0.15) is 0 Å². The van der Waals surface area contributed by atoms with Gasteiger partial charge in [-0.05, 0) is 54.6 Å². The van der Waals surface area contributed by atoms with Gasteiger partial charge in [0.25, 0.3) is 5.56 Å². The summed E-state index contributed by atoms with van der Waals surface area (Å²) in [7, 11) is 0. The molecule has 5 aromatic rings. The third-order valence-electron chi connectivity index (χ3n) is 4.66. The van der Waals surface area contributed by atoms with Gasteiger partial charge >= 0.3 is 0 Å². The monoisotopic (exact) mass is 484 g/mol. The minimum absolute atomic E-state index is 0.182. The lowest BCUT2D eigenvalue weighted by Gasteiger charge is -2.11. The van der Waals surface area contributed by atoms with E-state index in [0.29, 0.717) is 49.4 Å². The van der Waals surface area contributed by atoms with Gasteiger partial charge in [-0.3, -0.25) is 9.36 Å². The largest absolute Gasteiger partial charge is 0.467 e. The molecule has 160 valence electrons. The second kappa shape index (κ2) is 8.82. The highest BCUT2D eigenvalue weighted by Gasteiger charge is 2.16. The van der Waals surface area contributed by atoms with Crippen LogP contribution in [0.15, 0.2) is 79.6 Å². The van der Waals surface area contributed by atoms with Crippen molar-refractivity contribution < 1.29 is 8.83 Å². The summed E-state index contributed by atoms with van der Waals surface area (Å²) in [6.45, 7) is 0.250. The summed E-state index contributed by atoms with van der Waals surface area (Å²) in [4.78, 5) is 17.8. The minimum atomic E-state index is -0.182. The Balaban J connectivity index is 1.46. The first-order valence-electron chi connectivity index (χ1n) is 9.50. The topological polar surface area (TPSA) is 87.0 Å². The van der Waals surface area contributed by atoms with E-state index in [0.717, 1.165) is 5.56 Å². The Morgan fingerprint density at radius 2 is 1.81 bits per heavy atom. The molecule has 2 aromatic carbocycles. The first kappa shape index (κ1) is 20.8. The number of aromatic nitrogens is 4. The smallest absolute Gasteiger partial charge is 0.262 e. The Morgan fingerprint density at radius 1 is 1.00 bits per heavy atom. The molecule has 3 aromatic heterocycles. The lowest BCUT2D eigenvalue weighted by Crippen LogP contribution is -2.23. The maximum Gasteiger partial charge on any atom is 0.262 e. The molecular weight excluding hydrogens is 471 g/mol. The van der Waals surface area contributed by atoms with E-state index in [4.69, 9.17) is 32.0 Å². The molecule has 0 unspecified atom stereocenters. The molecule has 0 radical (unpaired) electrons. The van der Waals surface area contributed by atoms with E-state index in [9.17, 15) is 4.79 Å². The van der Waals surface area contributed by atoms with Crippen molar-refractivity contribution in [2.24, 2.45) is 0 Å². The molecule has 0 aliphatic heterocycles. The fourth-order valence-electron chi connectivity index (χ4n) is 3.13. The summed E-state index contributed by atoms with van der Waals surface area (Å²) in [6, 6.07) is 15.7. The van der Waals surface area contributed by atoms with Crippen LogP contribution in [0.5, 0.6) is 0 Å². The number of thioether (sulfide) groups is 1. The van der Waals surface area contributed by atoms with Crippen LogP contribution in [0.2, 0.25) is 10.0 Å². The standard InChI is InChI=1S/C22H14Cl2N4O3S/c23-14-5-3-13(4-6-14)20-27-26-19(31-20)12-32-22-25-18-10-15(24)7-8-17(18)21(29)28(22)11-16-2-1-9-30-16/h1-10H,11-12H2. The lowest BCUT2D eigenvalue weighted by molar-refractivity contribution is 0.476. The molecular formula is C22H14Cl2N4O3S. The van der Waals surface area contributed by atoms with Crippen LogP contribution in [0.4, 0.5) is 0 Å². The fraction of sp³-hybridized carbons (Fsp3) is 0.0909. The van der Waals surface area contributed by atoms with Crippen molar-refractivity contribution in [3.8, 4) is 11.5 Å².